The zero-order valence-electron chi connectivity index (χ0n) is 12.2. The summed E-state index contributed by atoms with van der Waals surface area (Å²) in [6.45, 7) is 3.29. The molecule has 0 atom stereocenters. The second-order valence-corrected chi connectivity index (χ2v) is 5.13. The third-order valence-corrected chi connectivity index (χ3v) is 3.36. The second kappa shape index (κ2) is 8.51. The van der Waals surface area contributed by atoms with Gasteiger partial charge in [0.15, 0.2) is 16.1 Å². The normalized spacial score (nSPS) is 10.1. The third-order valence-electron chi connectivity index (χ3n) is 2.84. The number of nitrogens with zero attached hydrogens (tertiary/aromatic N) is 2. The fourth-order valence-corrected chi connectivity index (χ4v) is 2.23. The third kappa shape index (κ3) is 4.82. The van der Waals surface area contributed by atoms with Gasteiger partial charge < -0.3 is 15.4 Å². The molecule has 0 radical (unpaired) electrons. The fraction of sp³-hybridized carbons (Fsp3) is 0.267. The van der Waals surface area contributed by atoms with Gasteiger partial charge in [-0.05, 0) is 37.2 Å². The molecule has 1 aromatic heterocycles. The maximum atomic E-state index is 5.91. The van der Waals surface area contributed by atoms with E-state index < -0.39 is 0 Å². The average Bonchev–Trinajstić information content (AvgIpc) is 2.51. The number of nitrogens with one attached hydrogen (secondary N) is 2. The molecule has 22 heavy (non-hydrogen) atoms. The average molecular weight is 337 g/mol. The lowest BCUT2D eigenvalue weighted by molar-refractivity contribution is 0.336. The minimum Gasteiger partial charge on any atom is -0.494 e. The van der Waals surface area contributed by atoms with Gasteiger partial charge in [-0.2, -0.15) is 0 Å². The molecular weight excluding hydrogens is 320 g/mol. The molecule has 0 aliphatic heterocycles. The number of thiocarbonyl (C=S) groups is 1. The van der Waals surface area contributed by atoms with Gasteiger partial charge in [0.05, 0.1) is 6.61 Å². The number of hydrogen-bond acceptors (Lipinski definition) is 4. The van der Waals surface area contributed by atoms with Crippen molar-refractivity contribution in [2.24, 2.45) is 0 Å². The molecule has 0 saturated carbocycles. The lowest BCUT2D eigenvalue weighted by Crippen LogP contribution is -2.30. The Bertz CT molecular complexity index is 638. The highest BCUT2D eigenvalue weighted by atomic mass is 35.5. The predicted octanol–water partition coefficient (Wildman–Crippen LogP) is 3.06. The van der Waals surface area contributed by atoms with Crippen LogP contribution in [0, 0.1) is 0 Å². The molecule has 0 spiro atoms. The first-order chi connectivity index (χ1) is 10.7. The molecular formula is C15H17ClN4OS. The Hall–Kier alpha value is -1.92. The number of halogens is 1. The monoisotopic (exact) mass is 336 g/mol. The smallest absolute Gasteiger partial charge is 0.172 e. The number of para-hydroxylation sites is 1. The molecule has 2 rings (SSSR count). The highest BCUT2D eigenvalue weighted by Crippen LogP contribution is 2.18. The Morgan fingerprint density at radius 1 is 1.27 bits per heavy atom. The summed E-state index contributed by atoms with van der Waals surface area (Å²) in [6.07, 6.45) is 3.87. The van der Waals surface area contributed by atoms with Gasteiger partial charge in [0.1, 0.15) is 5.75 Å². The lowest BCUT2D eigenvalue weighted by atomic mass is 10.1. The predicted molar refractivity (Wildman–Crippen MR) is 92.6 cm³/mol. The van der Waals surface area contributed by atoms with Crippen LogP contribution in [0.3, 0.4) is 0 Å². The summed E-state index contributed by atoms with van der Waals surface area (Å²) in [6, 6.07) is 7.97. The van der Waals surface area contributed by atoms with Crippen LogP contribution in [0.1, 0.15) is 12.5 Å². The van der Waals surface area contributed by atoms with E-state index in [2.05, 4.69) is 20.6 Å². The number of rotatable bonds is 6. The molecule has 2 aromatic rings. The number of benzene rings is 1. The van der Waals surface area contributed by atoms with Gasteiger partial charge in [-0.25, -0.2) is 9.97 Å². The summed E-state index contributed by atoms with van der Waals surface area (Å²) in [5.74, 6) is 1.35. The summed E-state index contributed by atoms with van der Waals surface area (Å²) in [4.78, 5) is 8.00. The van der Waals surface area contributed by atoms with Crippen molar-refractivity contribution >= 4 is 34.7 Å². The van der Waals surface area contributed by atoms with Gasteiger partial charge in [0.25, 0.3) is 0 Å². The van der Waals surface area contributed by atoms with Crippen molar-refractivity contribution in [1.29, 1.82) is 0 Å². The van der Waals surface area contributed by atoms with Crippen LogP contribution >= 0.6 is 23.8 Å². The quantitative estimate of drug-likeness (QED) is 0.791. The van der Waals surface area contributed by atoms with Crippen molar-refractivity contribution in [3.8, 4) is 5.75 Å². The molecule has 0 amide bonds. The molecule has 5 nitrogen and oxygen atoms in total. The summed E-state index contributed by atoms with van der Waals surface area (Å²) < 4.78 is 5.59. The first-order valence-corrected chi connectivity index (χ1v) is 7.71. The Morgan fingerprint density at radius 2 is 2.05 bits per heavy atom. The van der Waals surface area contributed by atoms with E-state index >= 15 is 0 Å². The number of aromatic nitrogens is 2. The Balaban J connectivity index is 1.84. The Kier molecular flexibility index (Phi) is 6.36. The van der Waals surface area contributed by atoms with Crippen LogP contribution in [-0.2, 0) is 6.42 Å². The van der Waals surface area contributed by atoms with Crippen molar-refractivity contribution in [3.63, 3.8) is 0 Å². The second-order valence-electron chi connectivity index (χ2n) is 4.37. The van der Waals surface area contributed by atoms with Gasteiger partial charge in [0, 0.05) is 18.9 Å². The summed E-state index contributed by atoms with van der Waals surface area (Å²) in [5, 5.41) is 6.77. The molecule has 0 aliphatic rings. The van der Waals surface area contributed by atoms with E-state index in [0.717, 1.165) is 17.7 Å². The highest BCUT2D eigenvalue weighted by Gasteiger charge is 2.05. The molecule has 2 N–H and O–H groups in total. The maximum absolute atomic E-state index is 5.91. The molecule has 0 aliphatic carbocycles. The van der Waals surface area contributed by atoms with Crippen LogP contribution in [0.15, 0.2) is 36.7 Å². The molecule has 1 aromatic carbocycles. The first-order valence-electron chi connectivity index (χ1n) is 6.92. The van der Waals surface area contributed by atoms with Gasteiger partial charge in [-0.3, -0.25) is 0 Å². The standard InChI is InChI=1S/C15H17ClN4OS/c1-2-21-12-6-4-3-5-11(12)7-8-19-15(22)20-14-13(16)17-9-10-18-14/h3-6,9-10H,2,7-8H2,1H3,(H2,18,19,20,22). The zero-order valence-corrected chi connectivity index (χ0v) is 13.7. The SMILES string of the molecule is CCOc1ccccc1CCNC(=S)Nc1nccnc1Cl. The molecule has 0 unspecified atom stereocenters. The minimum atomic E-state index is 0.286. The molecule has 0 saturated heterocycles. The zero-order chi connectivity index (χ0) is 15.8. The van der Waals surface area contributed by atoms with Crippen LogP contribution in [0.5, 0.6) is 5.75 Å². The molecule has 0 bridgehead atoms. The van der Waals surface area contributed by atoms with Crippen molar-refractivity contribution < 1.29 is 4.74 Å². The van der Waals surface area contributed by atoms with Gasteiger partial charge in [-0.15, -0.1) is 0 Å². The van der Waals surface area contributed by atoms with E-state index in [1.807, 2.05) is 31.2 Å². The van der Waals surface area contributed by atoms with Gasteiger partial charge in [-0.1, -0.05) is 29.8 Å². The highest BCUT2D eigenvalue weighted by molar-refractivity contribution is 7.80. The summed E-state index contributed by atoms with van der Waals surface area (Å²) in [5.41, 5.74) is 1.14. The van der Waals surface area contributed by atoms with Crippen LogP contribution in [0.2, 0.25) is 5.15 Å². The maximum Gasteiger partial charge on any atom is 0.172 e. The van der Waals surface area contributed by atoms with Crippen molar-refractivity contribution in [1.82, 2.24) is 15.3 Å². The van der Waals surface area contributed by atoms with E-state index in [9.17, 15) is 0 Å². The number of ether oxygens (including phenoxy) is 1. The number of hydrogen-bond donors (Lipinski definition) is 2. The largest absolute Gasteiger partial charge is 0.494 e. The van der Waals surface area contributed by atoms with Crippen molar-refractivity contribution in [3.05, 3.63) is 47.4 Å². The van der Waals surface area contributed by atoms with Gasteiger partial charge >= 0.3 is 0 Å². The van der Waals surface area contributed by atoms with Crippen LogP contribution < -0.4 is 15.4 Å². The Morgan fingerprint density at radius 3 is 2.82 bits per heavy atom. The van der Waals surface area contributed by atoms with Crippen molar-refractivity contribution in [2.75, 3.05) is 18.5 Å². The number of anilines is 1. The van der Waals surface area contributed by atoms with Crippen molar-refractivity contribution in [2.45, 2.75) is 13.3 Å². The molecule has 1 heterocycles. The lowest BCUT2D eigenvalue weighted by Gasteiger charge is -2.12. The van der Waals surface area contributed by atoms with E-state index in [-0.39, 0.29) is 5.15 Å². The topological polar surface area (TPSA) is 59.1 Å². The van der Waals surface area contributed by atoms with E-state index in [4.69, 9.17) is 28.6 Å². The molecule has 116 valence electrons. The first kappa shape index (κ1) is 16.5. The van der Waals surface area contributed by atoms with Crippen LogP contribution in [0.4, 0.5) is 5.82 Å². The van der Waals surface area contributed by atoms with E-state index in [0.29, 0.717) is 24.1 Å². The summed E-state index contributed by atoms with van der Waals surface area (Å²) in [7, 11) is 0. The van der Waals surface area contributed by atoms with E-state index in [1.165, 1.54) is 6.20 Å². The van der Waals surface area contributed by atoms with E-state index in [1.54, 1.807) is 6.20 Å². The molecule has 0 fully saturated rings. The minimum absolute atomic E-state index is 0.286. The fourth-order valence-electron chi connectivity index (χ4n) is 1.87. The van der Waals surface area contributed by atoms with Crippen LogP contribution in [0.25, 0.3) is 0 Å². The Labute approximate surface area is 140 Å². The molecule has 7 heteroatoms. The summed E-state index contributed by atoms with van der Waals surface area (Å²) >= 11 is 11.1. The van der Waals surface area contributed by atoms with Crippen LogP contribution in [-0.4, -0.2) is 28.2 Å². The van der Waals surface area contributed by atoms with Gasteiger partial charge in [0.2, 0.25) is 0 Å².